The van der Waals surface area contributed by atoms with Gasteiger partial charge >= 0.3 is 12.1 Å². The molecule has 2 N–H and O–H groups in total. The van der Waals surface area contributed by atoms with Crippen molar-refractivity contribution in [2.75, 3.05) is 19.5 Å². The highest BCUT2D eigenvalue weighted by Gasteiger charge is 2.38. The lowest BCUT2D eigenvalue weighted by atomic mass is 10.1. The summed E-state index contributed by atoms with van der Waals surface area (Å²) >= 11 is 0. The lowest BCUT2D eigenvalue weighted by Crippen LogP contribution is -2.29. The molecular formula is C20H20F3N3O4. The van der Waals surface area contributed by atoms with E-state index < -0.39 is 12.1 Å². The average Bonchev–Trinajstić information content (AvgIpc) is 2.71. The Morgan fingerprint density at radius 3 is 2.20 bits per heavy atom. The number of hydrogen-bond donors (Lipinski definition) is 2. The van der Waals surface area contributed by atoms with Gasteiger partial charge < -0.3 is 14.8 Å². The molecule has 0 bridgehead atoms. The van der Waals surface area contributed by atoms with Crippen molar-refractivity contribution >= 4 is 23.2 Å². The van der Waals surface area contributed by atoms with Crippen molar-refractivity contribution < 1.29 is 32.2 Å². The van der Waals surface area contributed by atoms with Crippen LogP contribution in [-0.4, -0.2) is 37.9 Å². The third-order valence-corrected chi connectivity index (χ3v) is 3.98. The number of nitrogens with zero attached hydrogens (tertiary/aromatic N) is 1. The molecule has 0 aliphatic heterocycles. The molecule has 2 amide bonds. The molecule has 160 valence electrons. The van der Waals surface area contributed by atoms with Crippen LogP contribution < -0.4 is 20.2 Å². The van der Waals surface area contributed by atoms with E-state index in [0.717, 1.165) is 0 Å². The van der Waals surface area contributed by atoms with Crippen LogP contribution in [-0.2, 0) is 16.0 Å². The first kappa shape index (κ1) is 22.7. The molecule has 0 spiro atoms. The Morgan fingerprint density at radius 2 is 1.63 bits per heavy atom. The van der Waals surface area contributed by atoms with E-state index in [4.69, 9.17) is 9.47 Å². The first-order valence-corrected chi connectivity index (χ1v) is 8.66. The number of methoxy groups -OCH3 is 2. The van der Waals surface area contributed by atoms with Crippen molar-refractivity contribution in [3.05, 3.63) is 53.6 Å². The zero-order chi connectivity index (χ0) is 22.3. The second kappa shape index (κ2) is 9.77. The number of nitrogens with one attached hydrogen (secondary N) is 2. The smallest absolute Gasteiger partial charge is 0.471 e. The molecule has 0 atom stereocenters. The summed E-state index contributed by atoms with van der Waals surface area (Å²) < 4.78 is 47.1. The van der Waals surface area contributed by atoms with Crippen molar-refractivity contribution in [2.45, 2.75) is 19.5 Å². The minimum absolute atomic E-state index is 0.00800. The first-order chi connectivity index (χ1) is 14.1. The fourth-order valence-electron chi connectivity index (χ4n) is 2.42. The molecule has 0 aliphatic rings. The van der Waals surface area contributed by atoms with E-state index in [1.54, 1.807) is 30.4 Å². The van der Waals surface area contributed by atoms with Gasteiger partial charge in [0.25, 0.3) is 0 Å². The number of carbonyl (C=O) groups excluding carboxylic acids is 2. The van der Waals surface area contributed by atoms with Crippen LogP contribution in [0.3, 0.4) is 0 Å². The molecule has 2 rings (SSSR count). The van der Waals surface area contributed by atoms with E-state index in [2.05, 4.69) is 10.5 Å². The van der Waals surface area contributed by atoms with Gasteiger partial charge in [0.05, 0.1) is 26.4 Å². The van der Waals surface area contributed by atoms with Crippen LogP contribution in [0.2, 0.25) is 0 Å². The largest absolute Gasteiger partial charge is 0.493 e. The Hall–Kier alpha value is -3.56. The fourth-order valence-corrected chi connectivity index (χ4v) is 2.42. The van der Waals surface area contributed by atoms with Crippen molar-refractivity contribution in [1.82, 2.24) is 5.43 Å². The predicted octanol–water partition coefficient (Wildman–Crippen LogP) is 3.29. The van der Waals surface area contributed by atoms with Crippen LogP contribution in [0.5, 0.6) is 11.5 Å². The standard InChI is InChI=1S/C20H20F3N3O4/c1-12(14-5-7-15(8-6-14)24-19(28)20(21,22)23)25-26-18(27)11-13-4-9-16(29-2)17(10-13)30-3/h4-10H,11H2,1-3H3,(H,24,28)(H,26,27)/b25-12+. The monoisotopic (exact) mass is 423 g/mol. The predicted molar refractivity (Wildman–Crippen MR) is 105 cm³/mol. The lowest BCUT2D eigenvalue weighted by molar-refractivity contribution is -0.167. The van der Waals surface area contributed by atoms with Crippen LogP contribution in [0.25, 0.3) is 0 Å². The molecule has 10 heteroatoms. The Labute approximate surface area is 170 Å². The lowest BCUT2D eigenvalue weighted by Gasteiger charge is -2.09. The summed E-state index contributed by atoms with van der Waals surface area (Å²) in [5, 5.41) is 5.74. The van der Waals surface area contributed by atoms with Crippen LogP contribution in [0.4, 0.5) is 18.9 Å². The zero-order valence-electron chi connectivity index (χ0n) is 16.5. The van der Waals surface area contributed by atoms with Crippen molar-refractivity contribution in [1.29, 1.82) is 0 Å². The third kappa shape index (κ3) is 6.23. The maximum Gasteiger partial charge on any atom is 0.471 e. The molecule has 0 saturated heterocycles. The molecule has 2 aromatic rings. The van der Waals surface area contributed by atoms with Gasteiger partial charge in [-0.3, -0.25) is 9.59 Å². The number of carbonyl (C=O) groups is 2. The van der Waals surface area contributed by atoms with E-state index in [9.17, 15) is 22.8 Å². The van der Waals surface area contributed by atoms with Crippen LogP contribution >= 0.6 is 0 Å². The summed E-state index contributed by atoms with van der Waals surface area (Å²) in [6, 6.07) is 10.7. The number of hydrogen-bond acceptors (Lipinski definition) is 5. The van der Waals surface area contributed by atoms with Gasteiger partial charge in [0.1, 0.15) is 0 Å². The second-order valence-electron chi connectivity index (χ2n) is 6.13. The summed E-state index contributed by atoms with van der Waals surface area (Å²) in [6.45, 7) is 1.62. The number of anilines is 1. The van der Waals surface area contributed by atoms with Crippen molar-refractivity contribution in [3.63, 3.8) is 0 Å². The maximum absolute atomic E-state index is 12.3. The summed E-state index contributed by atoms with van der Waals surface area (Å²) in [5.41, 5.74) is 4.11. The average molecular weight is 423 g/mol. The topological polar surface area (TPSA) is 89.0 Å². The van der Waals surface area contributed by atoms with Gasteiger partial charge in [-0.2, -0.15) is 18.3 Å². The van der Waals surface area contributed by atoms with Crippen LogP contribution in [0.1, 0.15) is 18.1 Å². The van der Waals surface area contributed by atoms with E-state index in [1.807, 2.05) is 0 Å². The molecule has 0 radical (unpaired) electrons. The maximum atomic E-state index is 12.3. The van der Waals surface area contributed by atoms with Gasteiger partial charge in [0.2, 0.25) is 5.91 Å². The molecular weight excluding hydrogens is 403 g/mol. The SMILES string of the molecule is COc1ccc(CC(=O)N/N=C(\C)c2ccc(NC(=O)C(F)(F)F)cc2)cc1OC. The molecule has 2 aromatic carbocycles. The number of rotatable bonds is 7. The van der Waals surface area contributed by atoms with Gasteiger partial charge in [-0.25, -0.2) is 5.43 Å². The summed E-state index contributed by atoms with van der Waals surface area (Å²) in [5.74, 6) is -1.37. The van der Waals surface area contributed by atoms with Gasteiger partial charge in [0, 0.05) is 5.69 Å². The molecule has 0 unspecified atom stereocenters. The van der Waals surface area contributed by atoms with Gasteiger partial charge in [0.15, 0.2) is 11.5 Å². The number of alkyl halides is 3. The third-order valence-electron chi connectivity index (χ3n) is 3.98. The highest BCUT2D eigenvalue weighted by atomic mass is 19.4. The van der Waals surface area contributed by atoms with Crippen LogP contribution in [0.15, 0.2) is 47.6 Å². The van der Waals surface area contributed by atoms with E-state index in [-0.39, 0.29) is 18.0 Å². The van der Waals surface area contributed by atoms with Gasteiger partial charge in [-0.15, -0.1) is 0 Å². The Morgan fingerprint density at radius 1 is 1.00 bits per heavy atom. The molecule has 0 saturated carbocycles. The highest BCUT2D eigenvalue weighted by Crippen LogP contribution is 2.27. The second-order valence-corrected chi connectivity index (χ2v) is 6.13. The number of ether oxygens (including phenoxy) is 2. The van der Waals surface area contributed by atoms with Crippen LogP contribution in [0, 0.1) is 0 Å². The van der Waals surface area contributed by atoms with Crippen molar-refractivity contribution in [2.24, 2.45) is 5.10 Å². The Balaban J connectivity index is 1.97. The Bertz CT molecular complexity index is 941. The fraction of sp³-hybridized carbons (Fsp3) is 0.250. The zero-order valence-corrected chi connectivity index (χ0v) is 16.5. The van der Waals surface area contributed by atoms with E-state index in [0.29, 0.717) is 28.3 Å². The molecule has 0 heterocycles. The van der Waals surface area contributed by atoms with Gasteiger partial charge in [-0.1, -0.05) is 18.2 Å². The first-order valence-electron chi connectivity index (χ1n) is 8.66. The summed E-state index contributed by atoms with van der Waals surface area (Å²) in [7, 11) is 3.01. The van der Waals surface area contributed by atoms with E-state index >= 15 is 0 Å². The number of amides is 2. The molecule has 0 aliphatic carbocycles. The minimum atomic E-state index is -4.96. The molecule has 30 heavy (non-hydrogen) atoms. The summed E-state index contributed by atoms with van der Waals surface area (Å²) in [4.78, 5) is 23.1. The number of benzene rings is 2. The molecule has 0 aromatic heterocycles. The Kier molecular flexibility index (Phi) is 7.40. The minimum Gasteiger partial charge on any atom is -0.493 e. The van der Waals surface area contributed by atoms with E-state index in [1.165, 1.54) is 38.5 Å². The molecule has 7 nitrogen and oxygen atoms in total. The normalized spacial score (nSPS) is 11.6. The van der Waals surface area contributed by atoms with Crippen molar-refractivity contribution in [3.8, 4) is 11.5 Å². The van der Waals surface area contributed by atoms with Gasteiger partial charge in [-0.05, 0) is 42.3 Å². The quantitative estimate of drug-likeness (QED) is 0.528. The highest BCUT2D eigenvalue weighted by molar-refractivity contribution is 6.00. The molecule has 0 fully saturated rings. The number of hydrazone groups is 1. The number of halogens is 3. The summed E-state index contributed by atoms with van der Waals surface area (Å²) in [6.07, 6.45) is -4.91.